The van der Waals surface area contributed by atoms with E-state index in [1.54, 1.807) is 6.07 Å². The summed E-state index contributed by atoms with van der Waals surface area (Å²) in [6, 6.07) is 12.9. The fraction of sp³-hybridized carbons (Fsp3) is 0.407. The van der Waals surface area contributed by atoms with Gasteiger partial charge < -0.3 is 14.4 Å². The van der Waals surface area contributed by atoms with Crippen molar-refractivity contribution in [1.29, 1.82) is 0 Å². The molecule has 0 bridgehead atoms. The molecule has 0 spiro atoms. The fourth-order valence-corrected chi connectivity index (χ4v) is 4.10. The van der Waals surface area contributed by atoms with E-state index in [1.807, 2.05) is 17.3 Å². The molecule has 1 fully saturated rings. The van der Waals surface area contributed by atoms with Gasteiger partial charge in [0.25, 0.3) is 0 Å². The molecule has 1 atom stereocenters. The van der Waals surface area contributed by atoms with Crippen LogP contribution >= 0.6 is 0 Å². The second-order valence-electron chi connectivity index (χ2n) is 8.82. The average molecular weight is 450 g/mol. The van der Waals surface area contributed by atoms with Crippen LogP contribution in [-0.4, -0.2) is 36.3 Å². The van der Waals surface area contributed by atoms with Gasteiger partial charge in [0.1, 0.15) is 18.2 Å². The molecule has 1 unspecified atom stereocenters. The van der Waals surface area contributed by atoms with Crippen LogP contribution in [0.2, 0.25) is 0 Å². The van der Waals surface area contributed by atoms with Crippen LogP contribution < -0.4 is 9.64 Å². The van der Waals surface area contributed by atoms with E-state index in [1.165, 1.54) is 42.5 Å². The number of hydrogen-bond donors (Lipinski definition) is 0. The lowest BCUT2D eigenvalue weighted by Gasteiger charge is -2.29. The number of benzene rings is 2. The van der Waals surface area contributed by atoms with Crippen LogP contribution in [0.5, 0.6) is 5.75 Å². The zero-order chi connectivity index (χ0) is 23.0. The number of aromatic nitrogens is 2. The molecule has 1 aromatic heterocycles. The first-order valence-electron chi connectivity index (χ1n) is 11.7. The Balaban J connectivity index is 0.000000275. The first kappa shape index (κ1) is 23.2. The van der Waals surface area contributed by atoms with Gasteiger partial charge in [-0.15, -0.1) is 0 Å². The molecule has 0 aliphatic carbocycles. The number of rotatable bonds is 3. The largest absolute Gasteiger partial charge is 0.490 e. The summed E-state index contributed by atoms with van der Waals surface area (Å²) < 4.78 is 24.4. The predicted molar refractivity (Wildman–Crippen MR) is 129 cm³/mol. The third-order valence-corrected chi connectivity index (χ3v) is 5.95. The Labute approximate surface area is 195 Å². The summed E-state index contributed by atoms with van der Waals surface area (Å²) in [6.45, 7) is 7.47. The molecule has 0 saturated carbocycles. The quantitative estimate of drug-likeness (QED) is 0.501. The van der Waals surface area contributed by atoms with E-state index in [0.29, 0.717) is 30.5 Å². The van der Waals surface area contributed by atoms with E-state index in [2.05, 4.69) is 48.1 Å². The monoisotopic (exact) mass is 449 g/mol. The van der Waals surface area contributed by atoms with E-state index >= 15 is 0 Å². The Hall–Kier alpha value is -2.99. The molecular weight excluding hydrogens is 417 g/mol. The van der Waals surface area contributed by atoms with Crippen LogP contribution in [-0.2, 0) is 11.2 Å². The van der Waals surface area contributed by atoms with E-state index in [9.17, 15) is 4.39 Å². The van der Waals surface area contributed by atoms with Crippen molar-refractivity contribution >= 4 is 11.6 Å². The Kier molecular flexibility index (Phi) is 7.89. The number of fused-ring (bicyclic) bond motifs is 1. The molecule has 1 saturated heterocycles. The molecule has 33 heavy (non-hydrogen) atoms. The lowest BCUT2D eigenvalue weighted by atomic mass is 10.0. The molecule has 2 aliphatic rings. The highest BCUT2D eigenvalue weighted by Gasteiger charge is 2.22. The number of halogens is 1. The molecule has 5 nitrogen and oxygen atoms in total. The Bertz CT molecular complexity index is 1030. The normalized spacial score (nSPS) is 17.8. The van der Waals surface area contributed by atoms with E-state index in [4.69, 9.17) is 9.47 Å². The van der Waals surface area contributed by atoms with Crippen molar-refractivity contribution in [3.63, 3.8) is 0 Å². The van der Waals surface area contributed by atoms with Gasteiger partial charge in [0.15, 0.2) is 0 Å². The van der Waals surface area contributed by atoms with Crippen molar-refractivity contribution in [3.8, 4) is 5.75 Å². The number of ether oxygens (including phenoxy) is 2. The summed E-state index contributed by atoms with van der Waals surface area (Å²) in [7, 11) is 0. The van der Waals surface area contributed by atoms with Crippen molar-refractivity contribution in [2.75, 3.05) is 31.3 Å². The third-order valence-electron chi connectivity index (χ3n) is 5.95. The smallest absolute Gasteiger partial charge is 0.230 e. The highest BCUT2D eigenvalue weighted by atomic mass is 19.1. The van der Waals surface area contributed by atoms with Crippen LogP contribution in [0.1, 0.15) is 42.9 Å². The first-order valence-corrected chi connectivity index (χ1v) is 11.7. The number of nitrogens with zero attached hydrogens (tertiary/aromatic N) is 3. The SMILES string of the molecule is CC1CCCOCC1.Cc1cccc(Cc2cnc(N3CCOc4ccc(F)cc43)nc2)c1. The number of anilines is 2. The van der Waals surface area contributed by atoms with E-state index < -0.39 is 0 Å². The second-order valence-corrected chi connectivity index (χ2v) is 8.82. The van der Waals surface area contributed by atoms with Crippen LogP contribution in [0.4, 0.5) is 16.0 Å². The Morgan fingerprint density at radius 2 is 1.85 bits per heavy atom. The summed E-state index contributed by atoms with van der Waals surface area (Å²) in [5.74, 6) is 1.81. The molecular formula is C27H32FN3O2. The second kappa shape index (κ2) is 11.2. The molecule has 3 aromatic rings. The van der Waals surface area contributed by atoms with Crippen molar-refractivity contribution in [1.82, 2.24) is 9.97 Å². The topological polar surface area (TPSA) is 47.5 Å². The molecule has 0 amide bonds. The summed E-state index contributed by atoms with van der Waals surface area (Å²) >= 11 is 0. The highest BCUT2D eigenvalue weighted by Crippen LogP contribution is 2.35. The molecule has 2 aromatic carbocycles. The minimum atomic E-state index is -0.301. The minimum Gasteiger partial charge on any atom is -0.490 e. The molecule has 2 aliphatic heterocycles. The van der Waals surface area contributed by atoms with Gasteiger partial charge in [-0.1, -0.05) is 36.8 Å². The zero-order valence-electron chi connectivity index (χ0n) is 19.5. The maximum atomic E-state index is 13.6. The third kappa shape index (κ3) is 6.51. The first-order chi connectivity index (χ1) is 16.1. The summed E-state index contributed by atoms with van der Waals surface area (Å²) in [5, 5.41) is 0. The minimum absolute atomic E-state index is 0.301. The lowest BCUT2D eigenvalue weighted by Crippen LogP contribution is -2.30. The van der Waals surface area contributed by atoms with Crippen molar-refractivity contribution < 1.29 is 13.9 Å². The van der Waals surface area contributed by atoms with Crippen LogP contribution in [0.3, 0.4) is 0 Å². The van der Waals surface area contributed by atoms with Gasteiger partial charge in [-0.25, -0.2) is 14.4 Å². The predicted octanol–water partition coefficient (Wildman–Crippen LogP) is 5.87. The van der Waals surface area contributed by atoms with Gasteiger partial charge in [-0.3, -0.25) is 0 Å². The number of aryl methyl sites for hydroxylation is 1. The van der Waals surface area contributed by atoms with Gasteiger partial charge in [-0.2, -0.15) is 0 Å². The maximum absolute atomic E-state index is 13.6. The summed E-state index contributed by atoms with van der Waals surface area (Å²) in [4.78, 5) is 10.9. The molecule has 5 rings (SSSR count). The molecule has 3 heterocycles. The van der Waals surface area contributed by atoms with E-state index in [-0.39, 0.29) is 5.82 Å². The highest BCUT2D eigenvalue weighted by molar-refractivity contribution is 5.66. The summed E-state index contributed by atoms with van der Waals surface area (Å²) in [6.07, 6.45) is 8.34. The fourth-order valence-electron chi connectivity index (χ4n) is 4.10. The van der Waals surface area contributed by atoms with Gasteiger partial charge in [0, 0.05) is 38.1 Å². The average Bonchev–Trinajstić information content (AvgIpc) is 3.07. The van der Waals surface area contributed by atoms with Gasteiger partial charge >= 0.3 is 0 Å². The van der Waals surface area contributed by atoms with Gasteiger partial charge in [0.05, 0.1) is 12.2 Å². The van der Waals surface area contributed by atoms with Crippen molar-refractivity contribution in [3.05, 3.63) is 77.4 Å². The molecule has 174 valence electrons. The van der Waals surface area contributed by atoms with Crippen LogP contribution in [0.25, 0.3) is 0 Å². The van der Waals surface area contributed by atoms with Gasteiger partial charge in [-0.05, 0) is 55.4 Å². The molecule has 0 radical (unpaired) electrons. The maximum Gasteiger partial charge on any atom is 0.230 e. The van der Waals surface area contributed by atoms with Gasteiger partial charge in [0.2, 0.25) is 5.95 Å². The van der Waals surface area contributed by atoms with Crippen LogP contribution in [0.15, 0.2) is 54.9 Å². The zero-order valence-corrected chi connectivity index (χ0v) is 19.5. The number of hydrogen-bond acceptors (Lipinski definition) is 5. The molecule has 6 heteroatoms. The lowest BCUT2D eigenvalue weighted by molar-refractivity contribution is 0.142. The van der Waals surface area contributed by atoms with Crippen molar-refractivity contribution in [2.45, 2.75) is 39.5 Å². The van der Waals surface area contributed by atoms with Crippen LogP contribution in [0, 0.1) is 18.7 Å². The standard InChI is InChI=1S/C20H18FN3O.C7H14O/c1-14-3-2-4-15(9-14)10-16-12-22-20(23-13-16)24-7-8-25-19-6-5-17(21)11-18(19)24;1-7-3-2-5-8-6-4-7/h2-6,9,11-13H,7-8,10H2,1H3;7H,2-6H2,1H3. The Morgan fingerprint density at radius 1 is 1.00 bits per heavy atom. The van der Waals surface area contributed by atoms with E-state index in [0.717, 1.165) is 31.1 Å². The molecule has 0 N–H and O–H groups in total. The Morgan fingerprint density at radius 3 is 2.67 bits per heavy atom. The summed E-state index contributed by atoms with van der Waals surface area (Å²) in [5.41, 5.74) is 4.18. The van der Waals surface area contributed by atoms with Crippen molar-refractivity contribution in [2.24, 2.45) is 5.92 Å².